The van der Waals surface area contributed by atoms with Crippen molar-refractivity contribution < 1.29 is 14.3 Å². The molecule has 0 aliphatic heterocycles. The third-order valence-corrected chi connectivity index (χ3v) is 5.20. The van der Waals surface area contributed by atoms with Gasteiger partial charge in [-0.25, -0.2) is 4.39 Å². The number of nitrogens with one attached hydrogen (secondary N) is 1. The SMILES string of the molecule is CSCC(CCO)NC(=O)C1(c2ccc(F)cc2)CCCC1. The Bertz CT molecular complexity index is 480. The fourth-order valence-electron chi connectivity index (χ4n) is 3.27. The van der Waals surface area contributed by atoms with Crippen LogP contribution in [-0.2, 0) is 10.2 Å². The molecule has 1 fully saturated rings. The largest absolute Gasteiger partial charge is 0.396 e. The number of halogens is 1. The summed E-state index contributed by atoms with van der Waals surface area (Å²) in [4.78, 5) is 12.9. The van der Waals surface area contributed by atoms with Gasteiger partial charge < -0.3 is 10.4 Å². The molecule has 1 unspecified atom stereocenters. The van der Waals surface area contributed by atoms with Gasteiger partial charge in [0.05, 0.1) is 5.41 Å². The van der Waals surface area contributed by atoms with Crippen molar-refractivity contribution in [1.29, 1.82) is 0 Å². The van der Waals surface area contributed by atoms with Crippen LogP contribution in [0.2, 0.25) is 0 Å². The molecule has 1 amide bonds. The van der Waals surface area contributed by atoms with Gasteiger partial charge >= 0.3 is 0 Å². The molecule has 3 nitrogen and oxygen atoms in total. The van der Waals surface area contributed by atoms with Gasteiger partial charge in [-0.15, -0.1) is 0 Å². The summed E-state index contributed by atoms with van der Waals surface area (Å²) in [5.74, 6) is 0.521. The second-order valence-corrected chi connectivity index (χ2v) is 6.84. The lowest BCUT2D eigenvalue weighted by Crippen LogP contribution is -2.48. The van der Waals surface area contributed by atoms with E-state index in [0.29, 0.717) is 6.42 Å². The van der Waals surface area contributed by atoms with Gasteiger partial charge in [0.1, 0.15) is 5.82 Å². The van der Waals surface area contributed by atoms with Crippen LogP contribution in [0.5, 0.6) is 0 Å². The highest BCUT2D eigenvalue weighted by Crippen LogP contribution is 2.41. The minimum absolute atomic E-state index is 0.0177. The first kappa shape index (κ1) is 17.3. The third-order valence-electron chi connectivity index (χ3n) is 4.47. The van der Waals surface area contributed by atoms with E-state index < -0.39 is 5.41 Å². The van der Waals surface area contributed by atoms with Gasteiger partial charge in [-0.1, -0.05) is 25.0 Å². The van der Waals surface area contributed by atoms with E-state index in [0.717, 1.165) is 37.0 Å². The molecule has 0 bridgehead atoms. The van der Waals surface area contributed by atoms with Gasteiger partial charge in [-0.2, -0.15) is 11.8 Å². The number of aliphatic hydroxyl groups excluding tert-OH is 1. The molecule has 0 radical (unpaired) electrons. The van der Waals surface area contributed by atoms with E-state index in [9.17, 15) is 9.18 Å². The molecule has 0 spiro atoms. The number of hydrogen-bond acceptors (Lipinski definition) is 3. The first-order chi connectivity index (χ1) is 10.6. The summed E-state index contributed by atoms with van der Waals surface area (Å²) in [5, 5.41) is 12.3. The maximum atomic E-state index is 13.2. The predicted octanol–water partition coefficient (Wildman–Crippen LogP) is 2.87. The number of hydrogen-bond donors (Lipinski definition) is 2. The van der Waals surface area contributed by atoms with Crippen molar-refractivity contribution in [2.45, 2.75) is 43.6 Å². The van der Waals surface area contributed by atoms with Crippen molar-refractivity contribution in [2.24, 2.45) is 0 Å². The zero-order valence-corrected chi connectivity index (χ0v) is 13.8. The van der Waals surface area contributed by atoms with Gasteiger partial charge in [0, 0.05) is 18.4 Å². The number of aliphatic hydroxyl groups is 1. The molecule has 0 saturated heterocycles. The van der Waals surface area contributed by atoms with Crippen LogP contribution in [0.3, 0.4) is 0 Å². The standard InChI is InChI=1S/C17H24FNO2S/c1-22-12-15(8-11-20)19-16(21)17(9-2-3-10-17)13-4-6-14(18)7-5-13/h4-7,15,20H,2-3,8-12H2,1H3,(H,19,21). The van der Waals surface area contributed by atoms with Crippen LogP contribution in [0.1, 0.15) is 37.7 Å². The fourth-order valence-corrected chi connectivity index (χ4v) is 3.92. The fraction of sp³-hybridized carbons (Fsp3) is 0.588. The molecular weight excluding hydrogens is 301 g/mol. The van der Waals surface area contributed by atoms with Crippen molar-refractivity contribution >= 4 is 17.7 Å². The number of carbonyl (C=O) groups is 1. The summed E-state index contributed by atoms with van der Waals surface area (Å²) >= 11 is 1.66. The Hall–Kier alpha value is -1.07. The zero-order chi connectivity index (χ0) is 16.0. The van der Waals surface area contributed by atoms with E-state index in [1.54, 1.807) is 23.9 Å². The molecule has 5 heteroatoms. The van der Waals surface area contributed by atoms with Gasteiger partial charge in [0.15, 0.2) is 0 Å². The summed E-state index contributed by atoms with van der Waals surface area (Å²) in [5.41, 5.74) is 0.357. The van der Waals surface area contributed by atoms with Crippen LogP contribution in [0.15, 0.2) is 24.3 Å². The molecule has 122 valence electrons. The molecule has 22 heavy (non-hydrogen) atoms. The third kappa shape index (κ3) is 3.82. The summed E-state index contributed by atoms with van der Waals surface area (Å²) in [7, 11) is 0. The zero-order valence-electron chi connectivity index (χ0n) is 13.0. The molecule has 0 heterocycles. The Morgan fingerprint density at radius 3 is 2.55 bits per heavy atom. The highest BCUT2D eigenvalue weighted by molar-refractivity contribution is 7.98. The van der Waals surface area contributed by atoms with Crippen molar-refractivity contribution in [3.8, 4) is 0 Å². The molecule has 1 aliphatic rings. The summed E-state index contributed by atoms with van der Waals surface area (Å²) < 4.78 is 13.2. The molecule has 2 N–H and O–H groups in total. The maximum absolute atomic E-state index is 13.2. The summed E-state index contributed by atoms with van der Waals surface area (Å²) in [6, 6.07) is 6.29. The molecule has 1 aliphatic carbocycles. The van der Waals surface area contributed by atoms with Crippen molar-refractivity contribution in [3.05, 3.63) is 35.6 Å². The van der Waals surface area contributed by atoms with Crippen LogP contribution >= 0.6 is 11.8 Å². The number of rotatable bonds is 7. The lowest BCUT2D eigenvalue weighted by atomic mass is 9.77. The van der Waals surface area contributed by atoms with Gasteiger partial charge in [-0.05, 0) is 43.2 Å². The van der Waals surface area contributed by atoms with E-state index in [1.165, 1.54) is 12.1 Å². The molecule has 2 rings (SSSR count). The van der Waals surface area contributed by atoms with Crippen molar-refractivity contribution in [2.75, 3.05) is 18.6 Å². The second-order valence-electron chi connectivity index (χ2n) is 5.93. The van der Waals surface area contributed by atoms with Gasteiger partial charge in [-0.3, -0.25) is 4.79 Å². The lowest BCUT2D eigenvalue weighted by molar-refractivity contribution is -0.127. The minimum atomic E-state index is -0.542. The molecule has 1 aromatic rings. The summed E-state index contributed by atoms with van der Waals surface area (Å²) in [6.07, 6.45) is 6.18. The van der Waals surface area contributed by atoms with E-state index in [4.69, 9.17) is 5.11 Å². The average Bonchev–Trinajstić information content (AvgIpc) is 2.99. The van der Waals surface area contributed by atoms with Gasteiger partial charge in [0.2, 0.25) is 5.91 Å². The molecule has 1 aromatic carbocycles. The van der Waals surface area contributed by atoms with Crippen LogP contribution in [-0.4, -0.2) is 35.7 Å². The van der Waals surface area contributed by atoms with Crippen LogP contribution in [0.4, 0.5) is 4.39 Å². The molecular formula is C17H24FNO2S. The van der Waals surface area contributed by atoms with Gasteiger partial charge in [0.25, 0.3) is 0 Å². The number of thioether (sulfide) groups is 1. The monoisotopic (exact) mass is 325 g/mol. The van der Waals surface area contributed by atoms with Crippen molar-refractivity contribution in [1.82, 2.24) is 5.32 Å². The quantitative estimate of drug-likeness (QED) is 0.810. The average molecular weight is 325 g/mol. The minimum Gasteiger partial charge on any atom is -0.396 e. The normalized spacial score (nSPS) is 18.1. The Kier molecular flexibility index (Phi) is 6.26. The Balaban J connectivity index is 2.19. The van der Waals surface area contributed by atoms with Crippen molar-refractivity contribution in [3.63, 3.8) is 0 Å². The topological polar surface area (TPSA) is 49.3 Å². The molecule has 0 aromatic heterocycles. The number of benzene rings is 1. The first-order valence-electron chi connectivity index (χ1n) is 7.79. The van der Waals surface area contributed by atoms with Crippen LogP contribution in [0, 0.1) is 5.82 Å². The first-order valence-corrected chi connectivity index (χ1v) is 9.18. The molecule has 1 saturated carbocycles. The molecule has 1 atom stereocenters. The van der Waals surface area contributed by atoms with Crippen LogP contribution in [0.25, 0.3) is 0 Å². The predicted molar refractivity (Wildman–Crippen MR) is 88.6 cm³/mol. The summed E-state index contributed by atoms with van der Waals surface area (Å²) in [6.45, 7) is 0.0645. The van der Waals surface area contributed by atoms with E-state index in [2.05, 4.69) is 5.32 Å². The number of carbonyl (C=O) groups excluding carboxylic acids is 1. The Morgan fingerprint density at radius 2 is 2.00 bits per heavy atom. The van der Waals surface area contributed by atoms with E-state index >= 15 is 0 Å². The lowest BCUT2D eigenvalue weighted by Gasteiger charge is -2.30. The maximum Gasteiger partial charge on any atom is 0.230 e. The highest BCUT2D eigenvalue weighted by Gasteiger charge is 2.43. The smallest absolute Gasteiger partial charge is 0.230 e. The second kappa shape index (κ2) is 7.97. The highest BCUT2D eigenvalue weighted by atomic mass is 32.2. The number of amides is 1. The van der Waals surface area contributed by atoms with E-state index in [1.807, 2.05) is 6.26 Å². The Morgan fingerprint density at radius 1 is 1.36 bits per heavy atom. The van der Waals surface area contributed by atoms with E-state index in [-0.39, 0.29) is 24.4 Å². The van der Waals surface area contributed by atoms with Crippen LogP contribution < -0.4 is 5.32 Å². The Labute approximate surface area is 135 Å².